The molecule has 0 spiro atoms. The molecule has 3 fully saturated rings. The highest BCUT2D eigenvalue weighted by atomic mass is 35.5. The molecule has 3 aliphatic rings. The molecule has 3 saturated heterocycles. The molecule has 3 aliphatic heterocycles. The predicted octanol–water partition coefficient (Wildman–Crippen LogP) is 6.07. The van der Waals surface area contributed by atoms with Crippen LogP contribution < -0.4 is 11.1 Å². The van der Waals surface area contributed by atoms with Gasteiger partial charge in [0.1, 0.15) is 22.7 Å². The van der Waals surface area contributed by atoms with Crippen molar-refractivity contribution < 1.29 is 52.7 Å². The number of nitrogens with one attached hydrogen (secondary N) is 1. The number of halogens is 2. The van der Waals surface area contributed by atoms with E-state index in [-0.39, 0.29) is 81.8 Å². The number of anilines is 2. The van der Waals surface area contributed by atoms with Crippen LogP contribution in [-0.2, 0) is 49.3 Å². The lowest BCUT2D eigenvalue weighted by molar-refractivity contribution is -0.296. The normalized spacial score (nSPS) is 35.2. The fourth-order valence-corrected chi connectivity index (χ4v) is 12.5. The highest BCUT2D eigenvalue weighted by Crippen LogP contribution is 2.49. The van der Waals surface area contributed by atoms with E-state index < -0.39 is 88.5 Å². The van der Waals surface area contributed by atoms with Crippen molar-refractivity contribution in [2.45, 2.75) is 141 Å². The molecule has 68 heavy (non-hydrogen) atoms. The van der Waals surface area contributed by atoms with Gasteiger partial charge in [-0.2, -0.15) is 0 Å². The van der Waals surface area contributed by atoms with Gasteiger partial charge >= 0.3 is 11.9 Å². The summed E-state index contributed by atoms with van der Waals surface area (Å²) in [6.07, 6.45) is 2.14. The van der Waals surface area contributed by atoms with Crippen molar-refractivity contribution in [3.05, 3.63) is 40.5 Å². The molecule has 6 heterocycles. The van der Waals surface area contributed by atoms with Gasteiger partial charge in [-0.25, -0.2) is 9.97 Å². The number of carbonyl (C=O) groups excluding carboxylic acids is 4. The summed E-state index contributed by atoms with van der Waals surface area (Å²) in [6.45, 7) is 14.6. The number of likely N-dealkylation sites (N-methyl/N-ethyl adjacent to an activating group) is 1. The zero-order chi connectivity index (χ0) is 50.2. The number of fused-ring (bicyclic) bond motifs is 2. The summed E-state index contributed by atoms with van der Waals surface area (Å²) < 4.78 is 39.9. The lowest BCUT2D eigenvalue weighted by Gasteiger charge is -2.49. The number of hydrogen-bond donors (Lipinski definition) is 3. The Morgan fingerprint density at radius 2 is 1.72 bits per heavy atom. The first-order valence-electron chi connectivity index (χ1n) is 23.0. The number of aliphatic hydroxyl groups is 1. The third-order valence-corrected chi connectivity index (χ3v) is 16.2. The number of thioether (sulfide) groups is 1. The van der Waals surface area contributed by atoms with Crippen LogP contribution in [0.15, 0.2) is 24.9 Å². The van der Waals surface area contributed by atoms with Crippen molar-refractivity contribution in [2.75, 3.05) is 45.1 Å². The monoisotopic (exact) mass is 1010 g/mol. The number of aromatic nitrogens is 4. The van der Waals surface area contributed by atoms with Crippen molar-refractivity contribution in [1.29, 1.82) is 0 Å². The molecule has 4 N–H and O–H groups in total. The minimum atomic E-state index is -1.44. The molecular formula is C47H67Cl2N7O11S. The fourth-order valence-electron chi connectivity index (χ4n) is 10.6. The SMILES string of the molecule is CC[C@H]1OC(=O)[C@H](C)[C@@H](O)[C@H](C)[C@@H](O[C@@H]2O[C@H](C)C[C@@H](OC)[C@@H]2N(C)C)[C@](C)(OC)C[C@@H](C)C(=O)[C@H](C)[C@H]2C(SCCn3cnc4c(N)ncc(C(=O)Nc5c(Cl)cncc5Cl)c43)C(=O)O[C@@]21C. The van der Waals surface area contributed by atoms with Gasteiger partial charge in [-0.3, -0.25) is 29.1 Å². The van der Waals surface area contributed by atoms with E-state index in [9.17, 15) is 19.5 Å². The van der Waals surface area contributed by atoms with E-state index in [4.69, 9.17) is 57.4 Å². The number of rotatable bonds is 12. The number of aryl methyl sites for hydroxylation is 1. The van der Waals surface area contributed by atoms with Gasteiger partial charge in [-0.05, 0) is 54.6 Å². The minimum Gasteiger partial charge on any atom is -0.458 e. The molecule has 0 bridgehead atoms. The predicted molar refractivity (Wildman–Crippen MR) is 258 cm³/mol. The second-order valence-corrected chi connectivity index (χ2v) is 21.2. The van der Waals surface area contributed by atoms with E-state index >= 15 is 4.79 Å². The number of nitrogen functional groups attached to an aromatic ring is 1. The molecule has 21 heteroatoms. The van der Waals surface area contributed by atoms with Crippen LogP contribution in [0.4, 0.5) is 11.5 Å². The first-order chi connectivity index (χ1) is 32.0. The Morgan fingerprint density at radius 3 is 2.34 bits per heavy atom. The molecule has 1 unspecified atom stereocenters. The number of ether oxygens (including phenoxy) is 6. The topological polar surface area (TPSA) is 229 Å². The molecule has 0 aliphatic carbocycles. The fraction of sp³-hybridized carbons (Fsp3) is 0.681. The summed E-state index contributed by atoms with van der Waals surface area (Å²) in [5, 5.41) is 14.2. The molecule has 3 aromatic heterocycles. The number of hydrogen-bond acceptors (Lipinski definition) is 17. The summed E-state index contributed by atoms with van der Waals surface area (Å²) in [5.74, 6) is -5.63. The quantitative estimate of drug-likeness (QED) is 0.175. The van der Waals surface area contributed by atoms with Crippen LogP contribution in [-0.4, -0.2) is 147 Å². The highest BCUT2D eigenvalue weighted by Gasteiger charge is 2.61. The number of pyridine rings is 2. The van der Waals surface area contributed by atoms with Crippen LogP contribution >= 0.6 is 35.0 Å². The van der Waals surface area contributed by atoms with E-state index in [2.05, 4.69) is 20.3 Å². The first-order valence-corrected chi connectivity index (χ1v) is 24.8. The Balaban J connectivity index is 1.32. The summed E-state index contributed by atoms with van der Waals surface area (Å²) in [5.41, 5.74) is 4.56. The molecule has 0 saturated carbocycles. The number of esters is 2. The summed E-state index contributed by atoms with van der Waals surface area (Å²) in [7, 11) is 7.02. The number of nitrogens with zero attached hydrogens (tertiary/aromatic N) is 5. The third kappa shape index (κ3) is 10.5. The smallest absolute Gasteiger partial charge is 0.320 e. The maximum Gasteiger partial charge on any atom is 0.320 e. The van der Waals surface area contributed by atoms with Crippen molar-refractivity contribution >= 4 is 81.1 Å². The second-order valence-electron chi connectivity index (χ2n) is 19.2. The molecule has 18 nitrogen and oxygen atoms in total. The average Bonchev–Trinajstić information content (AvgIpc) is 3.84. The van der Waals surface area contributed by atoms with E-state index in [0.717, 1.165) is 0 Å². The van der Waals surface area contributed by atoms with Gasteiger partial charge in [-0.1, -0.05) is 50.9 Å². The molecule has 0 aromatic carbocycles. The lowest BCUT2D eigenvalue weighted by atomic mass is 9.70. The zero-order valence-electron chi connectivity index (χ0n) is 40.9. The maximum atomic E-state index is 15.0. The number of carbonyl (C=O) groups is 4. The van der Waals surface area contributed by atoms with E-state index in [0.29, 0.717) is 11.9 Å². The van der Waals surface area contributed by atoms with Gasteiger partial charge in [0.05, 0.1) is 75.1 Å². The van der Waals surface area contributed by atoms with Crippen LogP contribution in [0.25, 0.3) is 11.0 Å². The standard InChI is InChI=1S/C47H67Cl2N7O11S/c1-13-31-47(8)32(39(44(61)67-47)68-15-14-56-21-53-34-35(56)27(18-52-41(34)50)42(59)54-33-28(48)19-51-20-29(33)49)24(4)37(57)22(2)17-46(7,63-12)40(25(5)38(58)26(6)43(60)65-31)66-45-36(55(9)10)30(62-11)16-23(3)64-45/h18-26,30-32,36,38-40,45,58H,13-17H2,1-12H3,(H2,50,52)(H,51,54,59)/t22-,23-,24-,25+,26-,30-,31-,32+,36+,38+,39?,40-,45+,46-,47-/m1/s1. The molecule has 376 valence electrons. The van der Waals surface area contributed by atoms with Crippen LogP contribution in [0.1, 0.15) is 85.0 Å². The molecule has 15 atom stereocenters. The van der Waals surface area contributed by atoms with Crippen LogP contribution in [0.5, 0.6) is 0 Å². The number of nitrogens with two attached hydrogens (primary N) is 1. The number of cyclic esters (lactones) is 1. The molecular weight excluding hydrogens is 942 g/mol. The van der Waals surface area contributed by atoms with Crippen LogP contribution in [0.3, 0.4) is 0 Å². The number of methoxy groups -OCH3 is 2. The van der Waals surface area contributed by atoms with E-state index in [1.807, 2.05) is 46.7 Å². The molecule has 0 radical (unpaired) electrons. The Hall–Kier alpha value is -3.66. The van der Waals surface area contributed by atoms with Gasteiger partial charge in [0.25, 0.3) is 5.91 Å². The first kappa shape index (κ1) is 53.7. The second kappa shape index (κ2) is 21.8. The van der Waals surface area contributed by atoms with Gasteiger partial charge in [0.15, 0.2) is 17.7 Å². The van der Waals surface area contributed by atoms with Crippen molar-refractivity contribution in [1.82, 2.24) is 24.4 Å². The Labute approximate surface area is 412 Å². The average molecular weight is 1010 g/mol. The maximum absolute atomic E-state index is 15.0. The summed E-state index contributed by atoms with van der Waals surface area (Å²) in [4.78, 5) is 71.8. The number of aliphatic hydroxyl groups excluding tert-OH is 1. The van der Waals surface area contributed by atoms with Crippen molar-refractivity contribution in [2.24, 2.45) is 29.6 Å². The van der Waals surface area contributed by atoms with Crippen LogP contribution in [0.2, 0.25) is 10.0 Å². The van der Waals surface area contributed by atoms with Crippen LogP contribution in [0, 0.1) is 29.6 Å². The highest BCUT2D eigenvalue weighted by molar-refractivity contribution is 8.00. The lowest BCUT2D eigenvalue weighted by Crippen LogP contribution is -2.61. The molecule has 1 amide bonds. The Bertz CT molecular complexity index is 2310. The minimum absolute atomic E-state index is 0.104. The molecule has 6 rings (SSSR count). The number of ketones is 1. The van der Waals surface area contributed by atoms with E-state index in [1.165, 1.54) is 43.8 Å². The van der Waals surface area contributed by atoms with Gasteiger partial charge in [0, 0.05) is 75.2 Å². The summed E-state index contributed by atoms with van der Waals surface area (Å²) >= 11 is 13.9. The Morgan fingerprint density at radius 1 is 1.04 bits per heavy atom. The van der Waals surface area contributed by atoms with Gasteiger partial charge in [-0.15, -0.1) is 11.8 Å². The Kier molecular flexibility index (Phi) is 17.2. The number of imidazole rings is 1. The van der Waals surface area contributed by atoms with E-state index in [1.54, 1.807) is 39.4 Å². The number of amides is 1. The van der Waals surface area contributed by atoms with Crippen molar-refractivity contribution in [3.8, 4) is 0 Å². The zero-order valence-corrected chi connectivity index (χ0v) is 43.2. The summed E-state index contributed by atoms with van der Waals surface area (Å²) in [6, 6.07) is -0.338. The van der Waals surface area contributed by atoms with Crippen molar-refractivity contribution in [3.63, 3.8) is 0 Å². The largest absolute Gasteiger partial charge is 0.458 e. The van der Waals surface area contributed by atoms with Gasteiger partial charge in [0.2, 0.25) is 0 Å². The number of Topliss-reactive ketones (excluding diaryl/α,β-unsaturated/α-hetero) is 1. The van der Waals surface area contributed by atoms with Gasteiger partial charge < -0.3 is 49.1 Å². The third-order valence-electron chi connectivity index (χ3n) is 14.4. The molecule has 3 aromatic rings.